The highest BCUT2D eigenvalue weighted by Crippen LogP contribution is 2.12. The Morgan fingerprint density at radius 1 is 1.50 bits per heavy atom. The summed E-state index contributed by atoms with van der Waals surface area (Å²) in [4.78, 5) is 18.1. The van der Waals surface area contributed by atoms with Gasteiger partial charge in [0.1, 0.15) is 11.6 Å². The largest absolute Gasteiger partial charge is 0.370 e. The zero-order valence-corrected chi connectivity index (χ0v) is 9.55. The van der Waals surface area contributed by atoms with Gasteiger partial charge in [-0.05, 0) is 38.8 Å². The molecule has 1 aliphatic heterocycles. The van der Waals surface area contributed by atoms with Gasteiger partial charge < -0.3 is 15.6 Å². The Balaban J connectivity index is 1.90. The number of aromatic nitrogens is 2. The van der Waals surface area contributed by atoms with Crippen LogP contribution in [0, 0.1) is 12.8 Å². The van der Waals surface area contributed by atoms with E-state index in [2.05, 4.69) is 20.6 Å². The van der Waals surface area contributed by atoms with Crippen LogP contribution in [-0.4, -0.2) is 29.6 Å². The Bertz CT molecular complexity index is 395. The Kier molecular flexibility index (Phi) is 3.56. The van der Waals surface area contributed by atoms with Crippen molar-refractivity contribution in [3.8, 4) is 0 Å². The van der Waals surface area contributed by atoms with E-state index in [1.54, 1.807) is 6.92 Å². The highest BCUT2D eigenvalue weighted by Gasteiger charge is 2.12. The zero-order valence-electron chi connectivity index (χ0n) is 9.55. The third-order valence-electron chi connectivity index (χ3n) is 2.89. The van der Waals surface area contributed by atoms with E-state index in [-0.39, 0.29) is 5.56 Å². The molecule has 1 aromatic rings. The van der Waals surface area contributed by atoms with Crippen molar-refractivity contribution in [1.29, 1.82) is 0 Å². The lowest BCUT2D eigenvalue weighted by Crippen LogP contribution is -2.31. The first-order valence-electron chi connectivity index (χ1n) is 5.76. The van der Waals surface area contributed by atoms with Gasteiger partial charge in [0.2, 0.25) is 0 Å². The molecule has 0 amide bonds. The molecular formula is C11H18N4O. The second-order valence-corrected chi connectivity index (χ2v) is 4.29. The van der Waals surface area contributed by atoms with Crippen LogP contribution in [0.5, 0.6) is 0 Å². The third kappa shape index (κ3) is 3.06. The van der Waals surface area contributed by atoms with E-state index in [1.807, 2.05) is 0 Å². The average molecular weight is 222 g/mol. The molecule has 3 N–H and O–H groups in total. The second-order valence-electron chi connectivity index (χ2n) is 4.29. The number of rotatable bonds is 3. The van der Waals surface area contributed by atoms with Gasteiger partial charge in [-0.1, -0.05) is 0 Å². The summed E-state index contributed by atoms with van der Waals surface area (Å²) in [5.41, 5.74) is -0.0969. The van der Waals surface area contributed by atoms with Crippen molar-refractivity contribution in [2.24, 2.45) is 5.92 Å². The van der Waals surface area contributed by atoms with Gasteiger partial charge in [-0.3, -0.25) is 4.79 Å². The highest BCUT2D eigenvalue weighted by molar-refractivity contribution is 5.32. The number of hydrogen-bond donors (Lipinski definition) is 3. The minimum atomic E-state index is -0.0969. The van der Waals surface area contributed by atoms with E-state index in [9.17, 15) is 4.79 Å². The minimum absolute atomic E-state index is 0.0969. The van der Waals surface area contributed by atoms with Crippen LogP contribution in [0.25, 0.3) is 0 Å². The molecule has 0 atom stereocenters. The van der Waals surface area contributed by atoms with E-state index in [1.165, 1.54) is 18.9 Å². The van der Waals surface area contributed by atoms with Crippen molar-refractivity contribution in [2.45, 2.75) is 19.8 Å². The molecule has 1 aromatic heterocycles. The predicted molar refractivity (Wildman–Crippen MR) is 63.7 cm³/mol. The number of piperidine rings is 1. The molecule has 5 heteroatoms. The number of H-pyrrole nitrogens is 1. The molecule has 2 rings (SSSR count). The normalized spacial score (nSPS) is 17.3. The van der Waals surface area contributed by atoms with Crippen molar-refractivity contribution in [2.75, 3.05) is 25.0 Å². The summed E-state index contributed by atoms with van der Waals surface area (Å²) in [6, 6.07) is 1.51. The molecule has 0 spiro atoms. The molecular weight excluding hydrogens is 204 g/mol. The molecule has 2 heterocycles. The Hall–Kier alpha value is -1.36. The van der Waals surface area contributed by atoms with Gasteiger partial charge in [-0.15, -0.1) is 0 Å². The first-order valence-corrected chi connectivity index (χ1v) is 5.76. The van der Waals surface area contributed by atoms with Gasteiger partial charge >= 0.3 is 0 Å². The molecule has 0 radical (unpaired) electrons. The fourth-order valence-electron chi connectivity index (χ4n) is 2.00. The standard InChI is InChI=1S/C11H18N4O/c1-8-14-10(6-11(16)15-8)13-7-9-2-4-12-5-3-9/h6,9,12H,2-5,7H2,1H3,(H2,13,14,15,16). The lowest BCUT2D eigenvalue weighted by atomic mass is 9.98. The van der Waals surface area contributed by atoms with Crippen molar-refractivity contribution in [3.05, 3.63) is 22.2 Å². The monoisotopic (exact) mass is 222 g/mol. The molecule has 1 fully saturated rings. The summed E-state index contributed by atoms with van der Waals surface area (Å²) in [7, 11) is 0. The molecule has 0 bridgehead atoms. The van der Waals surface area contributed by atoms with Crippen LogP contribution in [0.2, 0.25) is 0 Å². The van der Waals surface area contributed by atoms with Crippen molar-refractivity contribution < 1.29 is 0 Å². The van der Waals surface area contributed by atoms with Crippen LogP contribution in [0.15, 0.2) is 10.9 Å². The molecule has 0 aromatic carbocycles. The van der Waals surface area contributed by atoms with E-state index in [0.717, 1.165) is 19.6 Å². The number of hydrogen-bond acceptors (Lipinski definition) is 4. The number of anilines is 1. The number of aryl methyl sites for hydroxylation is 1. The van der Waals surface area contributed by atoms with Gasteiger partial charge in [-0.2, -0.15) is 0 Å². The van der Waals surface area contributed by atoms with E-state index in [0.29, 0.717) is 17.6 Å². The average Bonchev–Trinajstić information content (AvgIpc) is 2.27. The molecule has 0 aliphatic carbocycles. The highest BCUT2D eigenvalue weighted by atomic mass is 16.1. The summed E-state index contributed by atoms with van der Waals surface area (Å²) in [6.45, 7) is 4.87. The summed E-state index contributed by atoms with van der Waals surface area (Å²) in [6.07, 6.45) is 2.38. The van der Waals surface area contributed by atoms with Gasteiger partial charge in [0.05, 0.1) is 0 Å². The van der Waals surface area contributed by atoms with Crippen LogP contribution in [0.4, 0.5) is 5.82 Å². The van der Waals surface area contributed by atoms with E-state index < -0.39 is 0 Å². The summed E-state index contributed by atoms with van der Waals surface area (Å²) in [5.74, 6) is 2.02. The number of nitrogens with one attached hydrogen (secondary N) is 3. The molecule has 88 valence electrons. The molecule has 5 nitrogen and oxygen atoms in total. The summed E-state index contributed by atoms with van der Waals surface area (Å²) in [5, 5.41) is 6.57. The Morgan fingerprint density at radius 2 is 2.25 bits per heavy atom. The predicted octanol–water partition coefficient (Wildman–Crippen LogP) is 0.490. The van der Waals surface area contributed by atoms with Crippen LogP contribution < -0.4 is 16.2 Å². The van der Waals surface area contributed by atoms with Crippen LogP contribution in [0.3, 0.4) is 0 Å². The summed E-state index contributed by atoms with van der Waals surface area (Å²) >= 11 is 0. The van der Waals surface area contributed by atoms with Gasteiger partial charge in [0, 0.05) is 12.6 Å². The zero-order chi connectivity index (χ0) is 11.4. The van der Waals surface area contributed by atoms with Gasteiger partial charge in [0.25, 0.3) is 5.56 Å². The first-order chi connectivity index (χ1) is 7.74. The lowest BCUT2D eigenvalue weighted by Gasteiger charge is -2.22. The topological polar surface area (TPSA) is 69.8 Å². The van der Waals surface area contributed by atoms with Gasteiger partial charge in [-0.25, -0.2) is 4.98 Å². The van der Waals surface area contributed by atoms with Crippen molar-refractivity contribution >= 4 is 5.82 Å². The quantitative estimate of drug-likeness (QED) is 0.696. The maximum atomic E-state index is 11.2. The molecule has 1 aliphatic rings. The fraction of sp³-hybridized carbons (Fsp3) is 0.636. The van der Waals surface area contributed by atoms with Crippen LogP contribution in [0.1, 0.15) is 18.7 Å². The van der Waals surface area contributed by atoms with E-state index >= 15 is 0 Å². The minimum Gasteiger partial charge on any atom is -0.370 e. The maximum absolute atomic E-state index is 11.2. The van der Waals surface area contributed by atoms with Crippen LogP contribution in [-0.2, 0) is 0 Å². The van der Waals surface area contributed by atoms with Crippen molar-refractivity contribution in [3.63, 3.8) is 0 Å². The molecule has 16 heavy (non-hydrogen) atoms. The lowest BCUT2D eigenvalue weighted by molar-refractivity contribution is 0.389. The Morgan fingerprint density at radius 3 is 2.94 bits per heavy atom. The summed E-state index contributed by atoms with van der Waals surface area (Å²) < 4.78 is 0. The third-order valence-corrected chi connectivity index (χ3v) is 2.89. The molecule has 0 saturated carbocycles. The fourth-order valence-corrected chi connectivity index (χ4v) is 2.00. The second kappa shape index (κ2) is 5.12. The van der Waals surface area contributed by atoms with Crippen LogP contribution >= 0.6 is 0 Å². The molecule has 0 unspecified atom stereocenters. The smallest absolute Gasteiger partial charge is 0.252 e. The first kappa shape index (κ1) is 11.1. The van der Waals surface area contributed by atoms with E-state index in [4.69, 9.17) is 0 Å². The number of aromatic amines is 1. The maximum Gasteiger partial charge on any atom is 0.252 e. The molecule has 1 saturated heterocycles. The SMILES string of the molecule is Cc1nc(NCC2CCNCC2)cc(=O)[nH]1. The van der Waals surface area contributed by atoms with Crippen molar-refractivity contribution in [1.82, 2.24) is 15.3 Å². The number of nitrogens with zero attached hydrogens (tertiary/aromatic N) is 1. The Labute approximate surface area is 94.7 Å². The van der Waals surface area contributed by atoms with Gasteiger partial charge in [0.15, 0.2) is 0 Å².